The molecule has 1 amide bonds. The Labute approximate surface area is 144 Å². The quantitative estimate of drug-likeness (QED) is 0.713. The summed E-state index contributed by atoms with van der Waals surface area (Å²) in [6, 6.07) is 1.25. The Morgan fingerprint density at radius 3 is 2.68 bits per heavy atom. The molecule has 1 aliphatic heterocycles. The molecule has 10 heteroatoms. The number of aliphatic imine (C=N–C) groups is 1. The fourth-order valence-electron chi connectivity index (χ4n) is 3.44. The van der Waals surface area contributed by atoms with Gasteiger partial charge in [-0.25, -0.2) is 22.6 Å². The summed E-state index contributed by atoms with van der Waals surface area (Å²) < 4.78 is 39.0. The zero-order valence-electron chi connectivity index (χ0n) is 13.8. The fraction of sp³-hybridized carbons (Fsp3) is 0.533. The number of pyridine rings is 1. The van der Waals surface area contributed by atoms with E-state index in [9.17, 15) is 17.6 Å². The molecule has 4 N–H and O–H groups in total. The molecule has 2 fully saturated rings. The molecular formula is C15H19FN4O4S. The van der Waals surface area contributed by atoms with Gasteiger partial charge in [-0.2, -0.15) is 4.99 Å². The van der Waals surface area contributed by atoms with Gasteiger partial charge in [-0.15, -0.1) is 0 Å². The molecular weight excluding hydrogens is 351 g/mol. The van der Waals surface area contributed by atoms with E-state index in [4.69, 9.17) is 10.8 Å². The monoisotopic (exact) mass is 370 g/mol. The highest BCUT2D eigenvalue weighted by atomic mass is 32.2. The minimum atomic E-state index is -3.82. The minimum Gasteiger partial charge on any atom is -0.463 e. The predicted octanol–water partition coefficient (Wildman–Crippen LogP) is 1.28. The number of hydrogen-bond acceptors (Lipinski definition) is 5. The van der Waals surface area contributed by atoms with Crippen LogP contribution in [0.3, 0.4) is 0 Å². The predicted molar refractivity (Wildman–Crippen MR) is 89.5 cm³/mol. The van der Waals surface area contributed by atoms with Gasteiger partial charge >= 0.3 is 6.09 Å². The Hall–Kier alpha value is -2.23. The molecule has 0 aromatic carbocycles. The summed E-state index contributed by atoms with van der Waals surface area (Å²) in [7, 11) is -3.82. The second-order valence-electron chi connectivity index (χ2n) is 6.93. The van der Waals surface area contributed by atoms with E-state index >= 15 is 0 Å². The van der Waals surface area contributed by atoms with Crippen molar-refractivity contribution in [3.8, 4) is 0 Å². The Bertz CT molecular complexity index is 884. The lowest BCUT2D eigenvalue weighted by molar-refractivity contribution is 0.205. The van der Waals surface area contributed by atoms with E-state index in [1.54, 1.807) is 0 Å². The van der Waals surface area contributed by atoms with Gasteiger partial charge in [0.25, 0.3) is 0 Å². The first-order valence-corrected chi connectivity index (χ1v) is 9.39. The zero-order chi connectivity index (χ0) is 18.6. The van der Waals surface area contributed by atoms with Crippen molar-refractivity contribution in [1.82, 2.24) is 10.3 Å². The fourth-order valence-corrected chi connectivity index (χ4v) is 5.86. The molecule has 1 aromatic heterocycles. The number of nitrogens with two attached hydrogens (primary N) is 1. The highest BCUT2D eigenvalue weighted by molar-refractivity contribution is 7.93. The number of nitrogens with one attached hydrogen (secondary N) is 1. The van der Waals surface area contributed by atoms with Crippen LogP contribution >= 0.6 is 0 Å². The van der Waals surface area contributed by atoms with Crippen molar-refractivity contribution in [2.24, 2.45) is 10.9 Å². The molecule has 8 nitrogen and oxygen atoms in total. The number of carbonyl (C=O) groups is 1. The molecule has 1 aliphatic carbocycles. The third kappa shape index (κ3) is 2.74. The second kappa shape index (κ2) is 5.38. The molecule has 25 heavy (non-hydrogen) atoms. The van der Waals surface area contributed by atoms with Crippen LogP contribution in [0.4, 0.5) is 15.0 Å². The Morgan fingerprint density at radius 2 is 2.12 bits per heavy atom. The third-order valence-electron chi connectivity index (χ3n) is 5.02. The molecule has 2 aliphatic rings. The average Bonchev–Trinajstić information content (AvgIpc) is 3.30. The van der Waals surface area contributed by atoms with Crippen LogP contribution in [0, 0.1) is 11.7 Å². The summed E-state index contributed by atoms with van der Waals surface area (Å²) in [4.78, 5) is 18.3. The normalized spacial score (nSPS) is 33.0. The van der Waals surface area contributed by atoms with Crippen molar-refractivity contribution in [3.63, 3.8) is 0 Å². The van der Waals surface area contributed by atoms with Crippen molar-refractivity contribution in [2.75, 3.05) is 11.5 Å². The standard InChI is InChI=1S/C15H19FN4O4S/c1-14(9-5-11(17)18-6-10(9)16)7-25(23,24)15(2,8-3-4-8)12(20-14)19-13(21)22/h5-6,8H,3-4,7H2,1-2H3,(H2,17,18)(H,19,20)(H,21,22)/t14-,15-/m0/s1. The lowest BCUT2D eigenvalue weighted by Crippen LogP contribution is -2.66. The van der Waals surface area contributed by atoms with E-state index in [2.05, 4.69) is 15.3 Å². The minimum absolute atomic E-state index is 0.000453. The van der Waals surface area contributed by atoms with Crippen LogP contribution in [-0.4, -0.2) is 40.9 Å². The van der Waals surface area contributed by atoms with Crippen molar-refractivity contribution in [1.29, 1.82) is 0 Å². The zero-order valence-corrected chi connectivity index (χ0v) is 14.6. The maximum Gasteiger partial charge on any atom is 0.432 e. The number of rotatable bonds is 2. The molecule has 1 aromatic rings. The van der Waals surface area contributed by atoms with E-state index in [0.717, 1.165) is 6.20 Å². The topological polar surface area (TPSA) is 135 Å². The van der Waals surface area contributed by atoms with E-state index < -0.39 is 37.8 Å². The second-order valence-corrected chi connectivity index (χ2v) is 9.30. The smallest absolute Gasteiger partial charge is 0.432 e. The molecule has 3 rings (SSSR count). The maximum atomic E-state index is 14.3. The number of amidine groups is 1. The number of hydrogen-bond donors (Lipinski definition) is 3. The van der Waals surface area contributed by atoms with Gasteiger partial charge in [0.15, 0.2) is 9.84 Å². The Kier molecular flexibility index (Phi) is 3.79. The highest BCUT2D eigenvalue weighted by Crippen LogP contribution is 2.49. The molecule has 136 valence electrons. The van der Waals surface area contributed by atoms with Gasteiger partial charge in [0.1, 0.15) is 22.2 Å². The van der Waals surface area contributed by atoms with Crippen LogP contribution in [0.25, 0.3) is 0 Å². The van der Waals surface area contributed by atoms with Crippen LogP contribution in [0.15, 0.2) is 17.3 Å². The SMILES string of the molecule is C[C@@]1(c2cc(N)ncc2F)CS(=O)(=O)[C@@](C)(C2CC2)/C(=N/C(=O)O)N1. The summed E-state index contributed by atoms with van der Waals surface area (Å²) >= 11 is 0. The number of carboxylic acid groups (broad SMARTS) is 1. The number of halogens is 1. The molecule has 0 bridgehead atoms. The first-order chi connectivity index (χ1) is 11.5. The van der Waals surface area contributed by atoms with E-state index in [1.807, 2.05) is 0 Å². The summed E-state index contributed by atoms with van der Waals surface area (Å²) in [5.41, 5.74) is 4.19. The highest BCUT2D eigenvalue weighted by Gasteiger charge is 2.60. The number of nitrogens with zero attached hydrogens (tertiary/aromatic N) is 2. The lowest BCUT2D eigenvalue weighted by atomic mass is 9.91. The summed E-state index contributed by atoms with van der Waals surface area (Å²) in [5.74, 6) is -1.49. The largest absolute Gasteiger partial charge is 0.463 e. The van der Waals surface area contributed by atoms with Gasteiger partial charge in [0.2, 0.25) is 0 Å². The van der Waals surface area contributed by atoms with Crippen LogP contribution in [0.5, 0.6) is 0 Å². The number of amides is 1. The molecule has 2 atom stereocenters. The molecule has 0 unspecified atom stereocenters. The van der Waals surface area contributed by atoms with Gasteiger partial charge in [-0.3, -0.25) is 0 Å². The first-order valence-electron chi connectivity index (χ1n) is 7.74. The van der Waals surface area contributed by atoms with Gasteiger partial charge in [-0.05, 0) is 38.7 Å². The van der Waals surface area contributed by atoms with Crippen LogP contribution in [-0.2, 0) is 15.4 Å². The van der Waals surface area contributed by atoms with Crippen molar-refractivity contribution >= 4 is 27.6 Å². The first kappa shape index (κ1) is 17.6. The van der Waals surface area contributed by atoms with Crippen molar-refractivity contribution in [2.45, 2.75) is 37.0 Å². The van der Waals surface area contributed by atoms with Crippen LogP contribution < -0.4 is 11.1 Å². The summed E-state index contributed by atoms with van der Waals surface area (Å²) in [6.07, 6.45) is 0.739. The van der Waals surface area contributed by atoms with Crippen LogP contribution in [0.2, 0.25) is 0 Å². The Balaban J connectivity index is 2.17. The van der Waals surface area contributed by atoms with Gasteiger partial charge in [-0.1, -0.05) is 0 Å². The molecule has 2 heterocycles. The Morgan fingerprint density at radius 1 is 1.48 bits per heavy atom. The van der Waals surface area contributed by atoms with Gasteiger partial charge < -0.3 is 16.2 Å². The van der Waals surface area contributed by atoms with Crippen molar-refractivity contribution in [3.05, 3.63) is 23.6 Å². The van der Waals surface area contributed by atoms with Gasteiger partial charge in [0.05, 0.1) is 17.5 Å². The summed E-state index contributed by atoms with van der Waals surface area (Å²) in [5, 5.41) is 12.0. The number of anilines is 1. The number of nitrogen functional groups attached to an aromatic ring is 1. The van der Waals surface area contributed by atoms with Crippen LogP contribution in [0.1, 0.15) is 32.3 Å². The maximum absolute atomic E-state index is 14.3. The molecule has 0 radical (unpaired) electrons. The van der Waals surface area contributed by atoms with E-state index in [-0.39, 0.29) is 23.1 Å². The average molecular weight is 370 g/mol. The lowest BCUT2D eigenvalue weighted by Gasteiger charge is -2.45. The third-order valence-corrected chi connectivity index (χ3v) is 7.80. The van der Waals surface area contributed by atoms with E-state index in [0.29, 0.717) is 12.8 Å². The molecule has 0 spiro atoms. The number of aromatic nitrogens is 1. The van der Waals surface area contributed by atoms with E-state index in [1.165, 1.54) is 19.9 Å². The molecule has 1 saturated carbocycles. The molecule has 1 saturated heterocycles. The summed E-state index contributed by atoms with van der Waals surface area (Å²) in [6.45, 7) is 2.96. The van der Waals surface area contributed by atoms with Gasteiger partial charge in [0, 0.05) is 5.56 Å². The number of sulfone groups is 1. The van der Waals surface area contributed by atoms with Crippen molar-refractivity contribution < 1.29 is 22.7 Å².